The number of carbonyl (C=O) groups is 1. The van der Waals surface area contributed by atoms with E-state index in [1.165, 1.54) is 0 Å². The molecule has 22 heavy (non-hydrogen) atoms. The largest absolute Gasteiger partial charge is 0.405 e. The number of piperidine rings is 1. The van der Waals surface area contributed by atoms with Crippen LogP contribution in [0.3, 0.4) is 0 Å². The Kier molecular flexibility index (Phi) is 5.71. The van der Waals surface area contributed by atoms with Crippen LogP contribution in [0.5, 0.6) is 0 Å². The number of nitrogens with one attached hydrogen (secondary N) is 1. The number of halogens is 3. The van der Waals surface area contributed by atoms with Crippen molar-refractivity contribution in [3.05, 3.63) is 0 Å². The third-order valence-corrected chi connectivity index (χ3v) is 4.64. The highest BCUT2D eigenvalue weighted by molar-refractivity contribution is 5.79. The van der Waals surface area contributed by atoms with Gasteiger partial charge in [-0.3, -0.25) is 9.69 Å². The van der Waals surface area contributed by atoms with Gasteiger partial charge in [0.25, 0.3) is 0 Å². The molecule has 2 fully saturated rings. The lowest BCUT2D eigenvalue weighted by molar-refractivity contribution is -0.142. The van der Waals surface area contributed by atoms with Crippen LogP contribution in [0.1, 0.15) is 44.9 Å². The van der Waals surface area contributed by atoms with Gasteiger partial charge in [-0.15, -0.1) is 0 Å². The van der Waals surface area contributed by atoms with Gasteiger partial charge in [-0.2, -0.15) is 13.2 Å². The summed E-state index contributed by atoms with van der Waals surface area (Å²) in [6.07, 6.45) is 1.73. The van der Waals surface area contributed by atoms with Gasteiger partial charge >= 0.3 is 6.18 Å². The molecule has 0 radical (unpaired) electrons. The zero-order valence-corrected chi connectivity index (χ0v) is 12.8. The number of hydrogen-bond donors (Lipinski definition) is 2. The Balaban J connectivity index is 1.82. The number of likely N-dealkylation sites (tertiary alicyclic amines) is 1. The van der Waals surface area contributed by atoms with Crippen molar-refractivity contribution in [1.82, 2.24) is 10.2 Å². The molecule has 0 aromatic carbocycles. The Bertz CT molecular complexity index is 381. The van der Waals surface area contributed by atoms with Crippen molar-refractivity contribution in [3.63, 3.8) is 0 Å². The molecule has 2 N–H and O–H groups in total. The lowest BCUT2D eigenvalue weighted by Crippen LogP contribution is -2.50. The molecule has 1 amide bonds. The van der Waals surface area contributed by atoms with Crippen LogP contribution in [-0.2, 0) is 4.79 Å². The van der Waals surface area contributed by atoms with Gasteiger partial charge in [-0.05, 0) is 32.2 Å². The summed E-state index contributed by atoms with van der Waals surface area (Å²) in [5.74, 6) is -0.944. The van der Waals surface area contributed by atoms with Gasteiger partial charge in [0, 0.05) is 13.1 Å². The van der Waals surface area contributed by atoms with E-state index in [9.17, 15) is 23.1 Å². The summed E-state index contributed by atoms with van der Waals surface area (Å²) in [7, 11) is 0. The lowest BCUT2D eigenvalue weighted by atomic mass is 9.83. The summed E-state index contributed by atoms with van der Waals surface area (Å²) in [6, 6.07) is 0. The first-order chi connectivity index (χ1) is 10.3. The SMILES string of the molecule is O=C(NCC(F)(F)F)C1CCCN(CC2(O)CCCCC2)C1. The monoisotopic (exact) mass is 322 g/mol. The van der Waals surface area contributed by atoms with E-state index in [0.29, 0.717) is 19.5 Å². The second-order valence-corrected chi connectivity index (χ2v) is 6.69. The predicted octanol–water partition coefficient (Wildman–Crippen LogP) is 2.07. The first kappa shape index (κ1) is 17.5. The fraction of sp³-hybridized carbons (Fsp3) is 0.933. The number of alkyl halides is 3. The molecule has 128 valence electrons. The van der Waals surface area contributed by atoms with Crippen LogP contribution in [0, 0.1) is 5.92 Å². The van der Waals surface area contributed by atoms with Gasteiger partial charge in [0.2, 0.25) is 5.91 Å². The quantitative estimate of drug-likeness (QED) is 0.833. The van der Waals surface area contributed by atoms with Gasteiger partial charge in [0.15, 0.2) is 0 Å². The molecule has 1 saturated carbocycles. The van der Waals surface area contributed by atoms with Crippen LogP contribution < -0.4 is 5.32 Å². The maximum atomic E-state index is 12.2. The van der Waals surface area contributed by atoms with Gasteiger partial charge in [-0.1, -0.05) is 19.3 Å². The number of nitrogens with zero attached hydrogens (tertiary/aromatic N) is 1. The van der Waals surface area contributed by atoms with Crippen LogP contribution >= 0.6 is 0 Å². The average molecular weight is 322 g/mol. The van der Waals surface area contributed by atoms with Crippen molar-refractivity contribution in [2.24, 2.45) is 5.92 Å². The fourth-order valence-electron chi connectivity index (χ4n) is 3.53. The summed E-state index contributed by atoms with van der Waals surface area (Å²) in [5, 5.41) is 12.5. The summed E-state index contributed by atoms with van der Waals surface area (Å²) in [5.41, 5.74) is -0.692. The van der Waals surface area contributed by atoms with Crippen LogP contribution in [0.4, 0.5) is 13.2 Å². The molecule has 0 bridgehead atoms. The average Bonchev–Trinajstić information content (AvgIpc) is 2.44. The molecule has 0 aromatic rings. The van der Waals surface area contributed by atoms with E-state index in [2.05, 4.69) is 0 Å². The summed E-state index contributed by atoms with van der Waals surface area (Å²) in [6.45, 7) is 0.486. The molecule has 2 aliphatic rings. The topological polar surface area (TPSA) is 52.6 Å². The van der Waals surface area contributed by atoms with Crippen molar-refractivity contribution in [2.75, 3.05) is 26.2 Å². The first-order valence-corrected chi connectivity index (χ1v) is 8.07. The molecule has 1 aliphatic carbocycles. The molecule has 1 atom stereocenters. The Morgan fingerprint density at radius 2 is 1.91 bits per heavy atom. The second kappa shape index (κ2) is 7.17. The van der Waals surface area contributed by atoms with Gasteiger partial charge in [0.05, 0.1) is 11.5 Å². The number of amides is 1. The third kappa shape index (κ3) is 5.43. The molecule has 7 heteroatoms. The van der Waals surface area contributed by atoms with Crippen molar-refractivity contribution < 1.29 is 23.1 Å². The van der Waals surface area contributed by atoms with E-state index in [4.69, 9.17) is 0 Å². The van der Waals surface area contributed by atoms with E-state index in [1.807, 2.05) is 10.2 Å². The second-order valence-electron chi connectivity index (χ2n) is 6.69. The Labute approximate surface area is 129 Å². The summed E-state index contributed by atoms with van der Waals surface area (Å²) < 4.78 is 36.5. The van der Waals surface area contributed by atoms with Crippen LogP contribution in [-0.4, -0.2) is 53.9 Å². The maximum absolute atomic E-state index is 12.2. The van der Waals surface area contributed by atoms with Crippen molar-refractivity contribution >= 4 is 5.91 Å². The lowest BCUT2D eigenvalue weighted by Gasteiger charge is -2.40. The van der Waals surface area contributed by atoms with E-state index < -0.39 is 30.1 Å². The molecule has 1 unspecified atom stereocenters. The molecule has 2 rings (SSSR count). The number of β-amino-alcohol motifs (C(OH)–C–C–N with tert-alkyl or cyclic N) is 1. The minimum Gasteiger partial charge on any atom is -0.389 e. The highest BCUT2D eigenvalue weighted by Gasteiger charge is 2.35. The van der Waals surface area contributed by atoms with Crippen molar-refractivity contribution in [2.45, 2.75) is 56.7 Å². The zero-order chi connectivity index (χ0) is 16.2. The molecule has 0 aromatic heterocycles. The highest BCUT2D eigenvalue weighted by Crippen LogP contribution is 2.30. The van der Waals surface area contributed by atoms with Crippen LogP contribution in [0.25, 0.3) is 0 Å². The molecule has 1 saturated heterocycles. The Morgan fingerprint density at radius 3 is 2.55 bits per heavy atom. The minimum atomic E-state index is -4.37. The van der Waals surface area contributed by atoms with Gasteiger partial charge in [-0.25, -0.2) is 0 Å². The molecule has 0 spiro atoms. The molecule has 1 heterocycles. The van der Waals surface area contributed by atoms with E-state index in [-0.39, 0.29) is 0 Å². The number of hydrogen-bond acceptors (Lipinski definition) is 3. The summed E-state index contributed by atoms with van der Waals surface area (Å²) in [4.78, 5) is 13.9. The standard InChI is InChI=1S/C15H25F3N2O2/c16-15(17,18)10-19-13(21)12-5-4-8-20(9-12)11-14(22)6-2-1-3-7-14/h12,22H,1-11H2,(H,19,21). The van der Waals surface area contributed by atoms with Crippen molar-refractivity contribution in [1.29, 1.82) is 0 Å². The highest BCUT2D eigenvalue weighted by atomic mass is 19.4. The Hall–Kier alpha value is -0.820. The van der Waals surface area contributed by atoms with Gasteiger partial charge < -0.3 is 10.4 Å². The van der Waals surface area contributed by atoms with E-state index in [0.717, 1.165) is 45.1 Å². The molecular formula is C15H25F3N2O2. The minimum absolute atomic E-state index is 0.414. The maximum Gasteiger partial charge on any atom is 0.405 e. The van der Waals surface area contributed by atoms with E-state index >= 15 is 0 Å². The third-order valence-electron chi connectivity index (χ3n) is 4.64. The Morgan fingerprint density at radius 1 is 1.23 bits per heavy atom. The fourth-order valence-corrected chi connectivity index (χ4v) is 3.53. The van der Waals surface area contributed by atoms with Gasteiger partial charge in [0.1, 0.15) is 6.54 Å². The molecule has 1 aliphatic heterocycles. The number of rotatable bonds is 4. The van der Waals surface area contributed by atoms with Crippen LogP contribution in [0.15, 0.2) is 0 Å². The normalized spacial score (nSPS) is 26.6. The molecule has 4 nitrogen and oxygen atoms in total. The van der Waals surface area contributed by atoms with E-state index in [1.54, 1.807) is 0 Å². The molecular weight excluding hydrogens is 297 g/mol. The van der Waals surface area contributed by atoms with Crippen molar-refractivity contribution in [3.8, 4) is 0 Å². The van der Waals surface area contributed by atoms with Crippen LogP contribution in [0.2, 0.25) is 0 Å². The number of aliphatic hydroxyl groups is 1. The predicted molar refractivity (Wildman–Crippen MR) is 76.3 cm³/mol. The smallest absolute Gasteiger partial charge is 0.389 e. The first-order valence-electron chi connectivity index (χ1n) is 8.07. The zero-order valence-electron chi connectivity index (χ0n) is 12.8. The summed E-state index contributed by atoms with van der Waals surface area (Å²) >= 11 is 0. The number of carbonyl (C=O) groups excluding carboxylic acids is 1.